The largest absolute Gasteiger partial charge is 0.337 e. The molecule has 0 aromatic heterocycles. The van der Waals surface area contributed by atoms with Gasteiger partial charge in [0.15, 0.2) is 0 Å². The van der Waals surface area contributed by atoms with Gasteiger partial charge in [-0.15, -0.1) is 0 Å². The highest BCUT2D eigenvalue weighted by Crippen LogP contribution is 2.38. The van der Waals surface area contributed by atoms with E-state index in [-0.39, 0.29) is 8.46 Å². The zero-order chi connectivity index (χ0) is 14.0. The van der Waals surface area contributed by atoms with E-state index in [0.29, 0.717) is 13.2 Å². The molecule has 1 aromatic rings. The van der Waals surface area contributed by atoms with E-state index < -0.39 is 5.53 Å². The highest BCUT2D eigenvalue weighted by atomic mass is 31.1. The van der Waals surface area contributed by atoms with Gasteiger partial charge in [-0.25, -0.2) is 0 Å². The standard InChI is InChI=1S/C15H23O3P/c1-3-5-12-17-15(19-16,18-13-6-4-2)14-10-8-7-9-11-14/h7-11H,3-6,12-13H2,1-2H3. The summed E-state index contributed by atoms with van der Waals surface area (Å²) in [5, 5.41) is 0. The molecule has 106 valence electrons. The molecule has 0 saturated heterocycles. The van der Waals surface area contributed by atoms with Crippen LogP contribution in [-0.4, -0.2) is 13.2 Å². The van der Waals surface area contributed by atoms with Crippen molar-refractivity contribution in [2.24, 2.45) is 0 Å². The number of hydrogen-bond donors (Lipinski definition) is 0. The molecular formula is C15H23O3P. The van der Waals surface area contributed by atoms with Crippen molar-refractivity contribution in [3.63, 3.8) is 0 Å². The van der Waals surface area contributed by atoms with Crippen molar-refractivity contribution in [1.29, 1.82) is 0 Å². The molecule has 0 heterocycles. The van der Waals surface area contributed by atoms with Crippen LogP contribution in [0.15, 0.2) is 30.3 Å². The highest BCUT2D eigenvalue weighted by molar-refractivity contribution is 7.24. The third kappa shape index (κ3) is 5.02. The van der Waals surface area contributed by atoms with Gasteiger partial charge in [0, 0.05) is 5.56 Å². The lowest BCUT2D eigenvalue weighted by molar-refractivity contribution is -0.183. The average molecular weight is 282 g/mol. The number of hydrogen-bond acceptors (Lipinski definition) is 3. The van der Waals surface area contributed by atoms with Crippen LogP contribution in [0.1, 0.15) is 45.1 Å². The summed E-state index contributed by atoms with van der Waals surface area (Å²) in [6.07, 6.45) is 3.94. The smallest absolute Gasteiger partial charge is 0.278 e. The number of benzene rings is 1. The molecule has 0 amide bonds. The molecule has 0 aliphatic rings. The second kappa shape index (κ2) is 9.19. The van der Waals surface area contributed by atoms with Crippen molar-refractivity contribution < 1.29 is 14.0 Å². The van der Waals surface area contributed by atoms with Crippen molar-refractivity contribution in [3.05, 3.63) is 35.9 Å². The van der Waals surface area contributed by atoms with Gasteiger partial charge in [-0.1, -0.05) is 57.0 Å². The van der Waals surface area contributed by atoms with Crippen LogP contribution in [0.2, 0.25) is 0 Å². The fraction of sp³-hybridized carbons (Fsp3) is 0.600. The maximum absolute atomic E-state index is 11.7. The van der Waals surface area contributed by atoms with E-state index in [1.165, 1.54) is 0 Å². The first-order valence-corrected chi connectivity index (χ1v) is 7.78. The molecule has 19 heavy (non-hydrogen) atoms. The van der Waals surface area contributed by atoms with Crippen molar-refractivity contribution in [1.82, 2.24) is 0 Å². The third-order valence-electron chi connectivity index (χ3n) is 2.85. The summed E-state index contributed by atoms with van der Waals surface area (Å²) in [7, 11) is -0.149. The van der Waals surface area contributed by atoms with E-state index in [1.54, 1.807) is 0 Å². The number of unbranched alkanes of at least 4 members (excludes halogenated alkanes) is 2. The van der Waals surface area contributed by atoms with Crippen molar-refractivity contribution in [2.75, 3.05) is 13.2 Å². The van der Waals surface area contributed by atoms with E-state index in [4.69, 9.17) is 9.47 Å². The molecule has 1 rings (SSSR count). The van der Waals surface area contributed by atoms with Gasteiger partial charge in [0.25, 0.3) is 5.53 Å². The van der Waals surface area contributed by atoms with Crippen LogP contribution in [0.5, 0.6) is 0 Å². The van der Waals surface area contributed by atoms with Gasteiger partial charge in [0.05, 0.1) is 13.2 Å². The molecule has 3 nitrogen and oxygen atoms in total. The molecule has 0 N–H and O–H groups in total. The quantitative estimate of drug-likeness (QED) is 0.354. The summed E-state index contributed by atoms with van der Waals surface area (Å²) in [4.78, 5) is 0. The van der Waals surface area contributed by atoms with Crippen LogP contribution >= 0.6 is 8.46 Å². The maximum atomic E-state index is 11.7. The first-order chi connectivity index (χ1) is 9.29. The predicted molar refractivity (Wildman–Crippen MR) is 77.4 cm³/mol. The lowest BCUT2D eigenvalue weighted by Crippen LogP contribution is -2.28. The second-order valence-corrected chi connectivity index (χ2v) is 5.21. The summed E-state index contributed by atoms with van der Waals surface area (Å²) in [6.45, 7) is 5.29. The van der Waals surface area contributed by atoms with Crippen molar-refractivity contribution in [2.45, 2.75) is 45.1 Å². The summed E-state index contributed by atoms with van der Waals surface area (Å²) in [5.74, 6) is 0. The molecular weight excluding hydrogens is 259 g/mol. The lowest BCUT2D eigenvalue weighted by atomic mass is 10.2. The van der Waals surface area contributed by atoms with Crippen LogP contribution in [0.25, 0.3) is 0 Å². The minimum absolute atomic E-state index is 0.149. The topological polar surface area (TPSA) is 35.5 Å². The maximum Gasteiger partial charge on any atom is 0.278 e. The summed E-state index contributed by atoms with van der Waals surface area (Å²) >= 11 is 0. The normalized spacial score (nSPS) is 11.9. The predicted octanol–water partition coefficient (Wildman–Crippen LogP) is 4.72. The van der Waals surface area contributed by atoms with E-state index >= 15 is 0 Å². The Labute approximate surface area is 117 Å². The summed E-state index contributed by atoms with van der Waals surface area (Å²) in [5.41, 5.74) is -0.343. The Bertz CT molecular complexity index is 344. The lowest BCUT2D eigenvalue weighted by Gasteiger charge is -2.27. The van der Waals surface area contributed by atoms with Crippen LogP contribution < -0.4 is 0 Å². The third-order valence-corrected chi connectivity index (χ3v) is 3.61. The van der Waals surface area contributed by atoms with Crippen molar-refractivity contribution in [3.8, 4) is 0 Å². The van der Waals surface area contributed by atoms with Crippen LogP contribution in [0, 0.1) is 0 Å². The molecule has 0 atom stereocenters. The number of ether oxygens (including phenoxy) is 2. The van der Waals surface area contributed by atoms with Crippen molar-refractivity contribution >= 4 is 8.46 Å². The van der Waals surface area contributed by atoms with Gasteiger partial charge in [-0.3, -0.25) is 4.57 Å². The van der Waals surface area contributed by atoms with E-state index in [9.17, 15) is 4.57 Å². The molecule has 0 aliphatic carbocycles. The van der Waals surface area contributed by atoms with Gasteiger partial charge in [-0.05, 0) is 12.8 Å². The van der Waals surface area contributed by atoms with Gasteiger partial charge in [0.1, 0.15) is 0 Å². The van der Waals surface area contributed by atoms with Gasteiger partial charge in [0.2, 0.25) is 8.46 Å². The molecule has 1 aromatic carbocycles. The van der Waals surface area contributed by atoms with Gasteiger partial charge >= 0.3 is 0 Å². The molecule has 0 radical (unpaired) electrons. The minimum Gasteiger partial charge on any atom is -0.337 e. The first kappa shape index (κ1) is 16.3. The Morgan fingerprint density at radius 3 is 1.95 bits per heavy atom. The summed E-state index contributed by atoms with van der Waals surface area (Å²) < 4.78 is 23.3. The first-order valence-electron chi connectivity index (χ1n) is 6.97. The minimum atomic E-state index is -1.15. The average Bonchev–Trinajstić information content (AvgIpc) is 2.47. The van der Waals surface area contributed by atoms with Crippen LogP contribution in [0.3, 0.4) is 0 Å². The zero-order valence-electron chi connectivity index (χ0n) is 11.8. The van der Waals surface area contributed by atoms with Crippen LogP contribution in [-0.2, 0) is 19.6 Å². The Balaban J connectivity index is 2.82. The number of rotatable bonds is 10. The Kier molecular flexibility index (Phi) is 7.88. The Morgan fingerprint density at radius 1 is 1.00 bits per heavy atom. The molecule has 4 heteroatoms. The monoisotopic (exact) mass is 282 g/mol. The van der Waals surface area contributed by atoms with Crippen LogP contribution in [0.4, 0.5) is 0 Å². The molecule has 0 aliphatic heterocycles. The van der Waals surface area contributed by atoms with E-state index in [0.717, 1.165) is 31.2 Å². The van der Waals surface area contributed by atoms with E-state index in [2.05, 4.69) is 13.8 Å². The molecule has 0 fully saturated rings. The fourth-order valence-corrected chi connectivity index (χ4v) is 2.21. The van der Waals surface area contributed by atoms with E-state index in [1.807, 2.05) is 30.3 Å². The SMILES string of the molecule is CCCCOC(OCCCC)(P=O)c1ccccc1. The Hall–Kier alpha value is -0.760. The molecule has 0 spiro atoms. The van der Waals surface area contributed by atoms with Gasteiger partial charge in [-0.2, -0.15) is 0 Å². The highest BCUT2D eigenvalue weighted by Gasteiger charge is 2.35. The summed E-state index contributed by atoms with van der Waals surface area (Å²) in [6, 6.07) is 9.52. The van der Waals surface area contributed by atoms with Gasteiger partial charge < -0.3 is 9.47 Å². The molecule has 0 saturated carbocycles. The molecule has 0 unspecified atom stereocenters. The fourth-order valence-electron chi connectivity index (χ4n) is 1.67. The second-order valence-electron chi connectivity index (χ2n) is 4.44. The Morgan fingerprint density at radius 2 is 1.53 bits per heavy atom. The molecule has 0 bridgehead atoms. The zero-order valence-corrected chi connectivity index (χ0v) is 12.7.